The number of anilines is 1. The largest absolute Gasteiger partial charge is 0.334 e. The fraction of sp³-hybridized carbons (Fsp3) is 0.130. The van der Waals surface area contributed by atoms with Crippen LogP contribution in [-0.4, -0.2) is 20.6 Å². The topological polar surface area (TPSA) is 90.0 Å². The molecule has 8 heteroatoms. The summed E-state index contributed by atoms with van der Waals surface area (Å²) >= 11 is 6.10. The highest BCUT2D eigenvalue weighted by molar-refractivity contribution is 6.31. The molecule has 4 aromatic rings. The second-order valence-corrected chi connectivity index (χ2v) is 7.59. The van der Waals surface area contributed by atoms with E-state index in [1.807, 2.05) is 44.2 Å². The second kappa shape index (κ2) is 8.57. The Bertz CT molecular complexity index is 1310. The summed E-state index contributed by atoms with van der Waals surface area (Å²) < 4.78 is 6.65. The van der Waals surface area contributed by atoms with Crippen molar-refractivity contribution >= 4 is 23.2 Å². The third-order valence-corrected chi connectivity index (χ3v) is 5.14. The number of nitrogens with one attached hydrogen (secondary N) is 1. The van der Waals surface area contributed by atoms with Crippen LogP contribution >= 0.6 is 11.6 Å². The van der Waals surface area contributed by atoms with Crippen LogP contribution in [0.1, 0.15) is 11.1 Å². The Labute approximate surface area is 183 Å². The van der Waals surface area contributed by atoms with Crippen molar-refractivity contribution in [1.82, 2.24) is 14.7 Å². The lowest BCUT2D eigenvalue weighted by molar-refractivity contribution is -0.116. The second-order valence-electron chi connectivity index (χ2n) is 7.19. The standard InChI is InChI=1S/C23H19ClN4O3/c1-14-3-6-16(7-4-14)22-26-23(31-27-22)17-8-10-21(30)28(12-17)13-20(29)25-18-9-5-15(2)19(24)11-18/h3-12H,13H2,1-2H3,(H,25,29). The maximum Gasteiger partial charge on any atom is 0.259 e. The fourth-order valence-electron chi connectivity index (χ4n) is 2.97. The molecule has 0 unspecified atom stereocenters. The Morgan fingerprint density at radius 1 is 1.06 bits per heavy atom. The molecule has 0 aliphatic heterocycles. The molecular formula is C23H19ClN4O3. The van der Waals surface area contributed by atoms with E-state index < -0.39 is 0 Å². The number of halogens is 1. The molecule has 2 aromatic heterocycles. The van der Waals surface area contributed by atoms with Gasteiger partial charge in [0.25, 0.3) is 11.4 Å². The molecule has 1 amide bonds. The van der Waals surface area contributed by atoms with Crippen molar-refractivity contribution in [3.8, 4) is 22.8 Å². The fourth-order valence-corrected chi connectivity index (χ4v) is 3.15. The molecule has 0 aliphatic carbocycles. The molecule has 0 atom stereocenters. The van der Waals surface area contributed by atoms with Crippen molar-refractivity contribution in [1.29, 1.82) is 0 Å². The zero-order valence-corrected chi connectivity index (χ0v) is 17.7. The van der Waals surface area contributed by atoms with Crippen LogP contribution in [0.3, 0.4) is 0 Å². The summed E-state index contributed by atoms with van der Waals surface area (Å²) in [4.78, 5) is 29.1. The summed E-state index contributed by atoms with van der Waals surface area (Å²) in [6.45, 7) is 3.70. The molecular weight excluding hydrogens is 416 g/mol. The van der Waals surface area contributed by atoms with Gasteiger partial charge in [-0.05, 0) is 37.6 Å². The summed E-state index contributed by atoms with van der Waals surface area (Å²) in [5.74, 6) is 0.349. The lowest BCUT2D eigenvalue weighted by Gasteiger charge is -2.09. The average molecular weight is 435 g/mol. The van der Waals surface area contributed by atoms with Gasteiger partial charge in [0.05, 0.1) is 5.56 Å². The molecule has 0 radical (unpaired) electrons. The third kappa shape index (κ3) is 4.73. The summed E-state index contributed by atoms with van der Waals surface area (Å²) in [6, 6.07) is 15.9. The normalized spacial score (nSPS) is 10.8. The van der Waals surface area contributed by atoms with E-state index in [1.54, 1.807) is 18.2 Å². The number of hydrogen-bond acceptors (Lipinski definition) is 5. The quantitative estimate of drug-likeness (QED) is 0.500. The molecule has 0 bridgehead atoms. The molecule has 0 aliphatic rings. The van der Waals surface area contributed by atoms with Gasteiger partial charge in [0, 0.05) is 28.5 Å². The summed E-state index contributed by atoms with van der Waals surface area (Å²) in [5, 5.41) is 7.31. The molecule has 1 N–H and O–H groups in total. The van der Waals surface area contributed by atoms with Gasteiger partial charge in [-0.1, -0.05) is 52.7 Å². The van der Waals surface area contributed by atoms with Gasteiger partial charge in [-0.25, -0.2) is 0 Å². The number of carbonyl (C=O) groups is 1. The van der Waals surface area contributed by atoms with E-state index in [1.165, 1.54) is 16.8 Å². The van der Waals surface area contributed by atoms with Crippen LogP contribution in [0.15, 0.2) is 70.1 Å². The Morgan fingerprint density at radius 3 is 2.55 bits per heavy atom. The van der Waals surface area contributed by atoms with Crippen molar-refractivity contribution in [2.75, 3.05) is 5.32 Å². The number of rotatable bonds is 5. The van der Waals surface area contributed by atoms with E-state index in [0.717, 1.165) is 16.7 Å². The van der Waals surface area contributed by atoms with Gasteiger partial charge in [-0.3, -0.25) is 9.59 Å². The molecule has 0 saturated carbocycles. The highest BCUT2D eigenvalue weighted by Crippen LogP contribution is 2.22. The number of pyridine rings is 1. The van der Waals surface area contributed by atoms with Crippen LogP contribution in [0.5, 0.6) is 0 Å². The highest BCUT2D eigenvalue weighted by Gasteiger charge is 2.13. The number of carbonyl (C=O) groups excluding carboxylic acids is 1. The van der Waals surface area contributed by atoms with Gasteiger partial charge < -0.3 is 14.4 Å². The summed E-state index contributed by atoms with van der Waals surface area (Å²) in [7, 11) is 0. The average Bonchev–Trinajstić information content (AvgIpc) is 3.23. The van der Waals surface area contributed by atoms with Gasteiger partial charge in [-0.15, -0.1) is 0 Å². The number of amides is 1. The van der Waals surface area contributed by atoms with E-state index in [9.17, 15) is 9.59 Å². The predicted octanol–water partition coefficient (Wildman–Crippen LogP) is 4.47. The number of aromatic nitrogens is 3. The highest BCUT2D eigenvalue weighted by atomic mass is 35.5. The Morgan fingerprint density at radius 2 is 1.81 bits per heavy atom. The molecule has 31 heavy (non-hydrogen) atoms. The van der Waals surface area contributed by atoms with Crippen molar-refractivity contribution < 1.29 is 9.32 Å². The van der Waals surface area contributed by atoms with E-state index in [2.05, 4.69) is 15.5 Å². The first-order chi connectivity index (χ1) is 14.9. The molecule has 2 aromatic carbocycles. The summed E-state index contributed by atoms with van der Waals surface area (Å²) in [5.41, 5.74) is 3.64. The van der Waals surface area contributed by atoms with Crippen LogP contribution in [-0.2, 0) is 11.3 Å². The van der Waals surface area contributed by atoms with Crippen molar-refractivity contribution in [3.63, 3.8) is 0 Å². The first-order valence-corrected chi connectivity index (χ1v) is 9.94. The molecule has 0 spiro atoms. The first-order valence-electron chi connectivity index (χ1n) is 9.57. The van der Waals surface area contributed by atoms with Crippen LogP contribution in [0, 0.1) is 13.8 Å². The van der Waals surface area contributed by atoms with Gasteiger partial charge in [0.15, 0.2) is 0 Å². The van der Waals surface area contributed by atoms with Crippen molar-refractivity contribution in [2.24, 2.45) is 0 Å². The van der Waals surface area contributed by atoms with Gasteiger partial charge >= 0.3 is 0 Å². The van der Waals surface area contributed by atoms with Crippen molar-refractivity contribution in [2.45, 2.75) is 20.4 Å². The minimum Gasteiger partial charge on any atom is -0.334 e. The van der Waals surface area contributed by atoms with Crippen molar-refractivity contribution in [3.05, 3.63) is 87.3 Å². The minimum absolute atomic E-state index is 0.170. The molecule has 2 heterocycles. The Kier molecular flexibility index (Phi) is 5.68. The van der Waals surface area contributed by atoms with Crippen LogP contribution in [0.4, 0.5) is 5.69 Å². The van der Waals surface area contributed by atoms with E-state index in [4.69, 9.17) is 16.1 Å². The monoisotopic (exact) mass is 434 g/mol. The lowest BCUT2D eigenvalue weighted by Crippen LogP contribution is -2.26. The van der Waals surface area contributed by atoms with E-state index in [0.29, 0.717) is 22.1 Å². The number of aryl methyl sites for hydroxylation is 2. The minimum atomic E-state index is -0.356. The predicted molar refractivity (Wildman–Crippen MR) is 119 cm³/mol. The number of benzene rings is 2. The molecule has 156 valence electrons. The smallest absolute Gasteiger partial charge is 0.259 e. The van der Waals surface area contributed by atoms with Crippen LogP contribution in [0.2, 0.25) is 5.02 Å². The maximum atomic E-state index is 12.4. The summed E-state index contributed by atoms with van der Waals surface area (Å²) in [6.07, 6.45) is 1.52. The van der Waals surface area contributed by atoms with Gasteiger partial charge in [0.2, 0.25) is 11.7 Å². The lowest BCUT2D eigenvalue weighted by atomic mass is 10.1. The zero-order chi connectivity index (χ0) is 22.0. The maximum absolute atomic E-state index is 12.4. The molecule has 0 saturated heterocycles. The van der Waals surface area contributed by atoms with E-state index >= 15 is 0 Å². The SMILES string of the molecule is Cc1ccc(-c2noc(-c3ccc(=O)n(CC(=O)Nc4ccc(C)c(Cl)c4)c3)n2)cc1. The number of hydrogen-bond donors (Lipinski definition) is 1. The van der Waals surface area contributed by atoms with Gasteiger partial charge in [-0.2, -0.15) is 4.98 Å². The Hall–Kier alpha value is -3.71. The molecule has 4 rings (SSSR count). The van der Waals surface area contributed by atoms with Crippen LogP contribution in [0.25, 0.3) is 22.8 Å². The first kappa shape index (κ1) is 20.6. The Balaban J connectivity index is 1.53. The number of nitrogens with zero attached hydrogens (tertiary/aromatic N) is 3. The third-order valence-electron chi connectivity index (χ3n) is 4.74. The zero-order valence-electron chi connectivity index (χ0n) is 16.9. The van der Waals surface area contributed by atoms with Crippen LogP contribution < -0.4 is 10.9 Å². The molecule has 7 nitrogen and oxygen atoms in total. The van der Waals surface area contributed by atoms with E-state index in [-0.39, 0.29) is 23.9 Å². The molecule has 0 fully saturated rings. The van der Waals surface area contributed by atoms with Gasteiger partial charge in [0.1, 0.15) is 6.54 Å².